The highest BCUT2D eigenvalue weighted by Crippen LogP contribution is 2.07. The van der Waals surface area contributed by atoms with Crippen LogP contribution in [0.3, 0.4) is 0 Å². The lowest BCUT2D eigenvalue weighted by Crippen LogP contribution is -2.30. The molecule has 8 heteroatoms. The average Bonchev–Trinajstić information content (AvgIpc) is 2.82. The van der Waals surface area contributed by atoms with Crippen molar-refractivity contribution in [2.75, 3.05) is 0 Å². The van der Waals surface area contributed by atoms with Gasteiger partial charge in [-0.25, -0.2) is 9.55 Å². The second kappa shape index (κ2) is 10.4. The van der Waals surface area contributed by atoms with Crippen molar-refractivity contribution in [3.63, 3.8) is 0 Å². The van der Waals surface area contributed by atoms with Crippen molar-refractivity contribution >= 4 is 13.5 Å². The third kappa shape index (κ3) is 12.2. The van der Waals surface area contributed by atoms with Gasteiger partial charge >= 0.3 is 7.25 Å². The van der Waals surface area contributed by atoms with Gasteiger partial charge in [-0.2, -0.15) is 0 Å². The van der Waals surface area contributed by atoms with Crippen molar-refractivity contribution in [1.29, 1.82) is 0 Å². The van der Waals surface area contributed by atoms with Crippen LogP contribution in [0.5, 0.6) is 0 Å². The molecule has 122 valence electrons. The summed E-state index contributed by atoms with van der Waals surface area (Å²) in [5.41, 5.74) is 6.07. The van der Waals surface area contributed by atoms with Crippen molar-refractivity contribution in [3.05, 3.63) is 24.8 Å². The Labute approximate surface area is 123 Å². The maximum absolute atomic E-state index is 9.75. The fourth-order valence-corrected chi connectivity index (χ4v) is 1.87. The first-order chi connectivity index (χ1) is 9.77. The fourth-order valence-electron chi connectivity index (χ4n) is 1.87. The minimum Gasteiger partial charge on any atom is -0.418 e. The number of aromatic nitrogens is 2. The van der Waals surface area contributed by atoms with Gasteiger partial charge in [-0.3, -0.25) is 0 Å². The van der Waals surface area contributed by atoms with Crippen molar-refractivity contribution in [3.8, 4) is 0 Å². The zero-order chi connectivity index (χ0) is 16.3. The number of nitrogens with one attached hydrogen (secondary N) is 1. The van der Waals surface area contributed by atoms with Crippen LogP contribution < -0.4 is 10.3 Å². The van der Waals surface area contributed by atoms with Crippen molar-refractivity contribution < 1.29 is 21.8 Å². The number of unbranched alkanes of at least 4 members (excludes halogenated alkanes) is 2. The normalized spacial score (nSPS) is 12.5. The molecule has 1 aromatic heterocycles. The van der Waals surface area contributed by atoms with Crippen molar-refractivity contribution in [2.45, 2.75) is 51.5 Å². The molecule has 0 amide bonds. The Morgan fingerprint density at radius 3 is 2.48 bits per heavy atom. The Kier molecular flexibility index (Phi) is 9.78. The molecule has 0 saturated heterocycles. The van der Waals surface area contributed by atoms with Crippen LogP contribution in [-0.4, -0.2) is 18.3 Å². The number of nitrogens with two attached hydrogens (primary N) is 1. The van der Waals surface area contributed by atoms with E-state index in [2.05, 4.69) is 18.5 Å². The second-order valence-electron chi connectivity index (χ2n) is 4.79. The third-order valence-electron chi connectivity index (χ3n) is 2.92. The van der Waals surface area contributed by atoms with Gasteiger partial charge in [0.1, 0.15) is 12.4 Å². The summed E-state index contributed by atoms with van der Waals surface area (Å²) in [4.78, 5) is 3.22. The number of hydrogen-bond donors (Lipinski definition) is 2. The molecule has 0 aliphatic heterocycles. The molecule has 1 unspecified atom stereocenters. The summed E-state index contributed by atoms with van der Waals surface area (Å²) in [6.45, 7) is 5.98. The largest absolute Gasteiger partial charge is 0.673 e. The highest BCUT2D eigenvalue weighted by Gasteiger charge is 2.20. The molecule has 0 aliphatic carbocycles. The number of aryl methyl sites for hydroxylation is 1. The molecule has 1 heterocycles. The molecule has 21 heavy (non-hydrogen) atoms. The van der Waals surface area contributed by atoms with Crippen LogP contribution in [-0.2, 0) is 6.42 Å². The average molecular weight is 309 g/mol. The molecule has 0 fully saturated rings. The Morgan fingerprint density at radius 2 is 1.95 bits per heavy atom. The Hall–Kier alpha value is -1.31. The van der Waals surface area contributed by atoms with Gasteiger partial charge in [-0.05, 0) is 12.8 Å². The van der Waals surface area contributed by atoms with E-state index in [1.54, 1.807) is 0 Å². The number of rotatable bonds is 8. The van der Waals surface area contributed by atoms with Crippen molar-refractivity contribution in [2.24, 2.45) is 5.73 Å². The SMILES string of the molecule is C=C[n+]1cc[nH]c1CCC(N)CCCCC.F[B-](F)(F)F. The molecule has 1 aromatic rings. The monoisotopic (exact) mass is 309 g/mol. The quantitative estimate of drug-likeness (QED) is 0.328. The summed E-state index contributed by atoms with van der Waals surface area (Å²) in [6.07, 6.45) is 12.7. The van der Waals surface area contributed by atoms with E-state index >= 15 is 0 Å². The molecule has 1 rings (SSSR count). The lowest BCUT2D eigenvalue weighted by molar-refractivity contribution is -0.575. The Bertz CT molecular complexity index is 387. The molecule has 0 saturated carbocycles. The van der Waals surface area contributed by atoms with E-state index in [1.807, 2.05) is 23.2 Å². The Balaban J connectivity index is 0.000000690. The van der Waals surface area contributed by atoms with Crippen LogP contribution in [0.1, 0.15) is 44.9 Å². The highest BCUT2D eigenvalue weighted by molar-refractivity contribution is 6.50. The molecular weight excluding hydrogens is 285 g/mol. The minimum atomic E-state index is -6.00. The minimum absolute atomic E-state index is 0.327. The summed E-state index contributed by atoms with van der Waals surface area (Å²) in [7, 11) is -6.00. The number of nitrogens with zero attached hydrogens (tertiary/aromatic N) is 1. The summed E-state index contributed by atoms with van der Waals surface area (Å²) < 4.78 is 41.0. The maximum Gasteiger partial charge on any atom is 0.673 e. The number of imidazole rings is 1. The van der Waals surface area contributed by atoms with E-state index in [0.29, 0.717) is 6.04 Å². The van der Waals surface area contributed by atoms with Crippen molar-refractivity contribution in [1.82, 2.24) is 4.98 Å². The number of hydrogen-bond acceptors (Lipinski definition) is 1. The molecular formula is C13H24BF4N3. The van der Waals surface area contributed by atoms with Gasteiger partial charge in [0.15, 0.2) is 0 Å². The summed E-state index contributed by atoms with van der Waals surface area (Å²) in [5, 5.41) is 0. The number of halogens is 4. The summed E-state index contributed by atoms with van der Waals surface area (Å²) >= 11 is 0. The van der Waals surface area contributed by atoms with Crippen LogP contribution in [0.15, 0.2) is 19.0 Å². The Morgan fingerprint density at radius 1 is 1.33 bits per heavy atom. The zero-order valence-electron chi connectivity index (χ0n) is 12.4. The van der Waals surface area contributed by atoms with Gasteiger partial charge < -0.3 is 23.0 Å². The lowest BCUT2D eigenvalue weighted by Gasteiger charge is -2.09. The van der Waals surface area contributed by atoms with Gasteiger partial charge in [0.2, 0.25) is 0 Å². The van der Waals surface area contributed by atoms with Crippen LogP contribution in [0, 0.1) is 0 Å². The fraction of sp³-hybridized carbons (Fsp3) is 0.615. The highest BCUT2D eigenvalue weighted by atomic mass is 19.5. The topological polar surface area (TPSA) is 45.7 Å². The van der Waals surface area contributed by atoms with Gasteiger partial charge in [-0.15, -0.1) is 0 Å². The predicted molar refractivity (Wildman–Crippen MR) is 78.0 cm³/mol. The van der Waals surface area contributed by atoms with Gasteiger partial charge in [0.25, 0.3) is 5.82 Å². The zero-order valence-corrected chi connectivity index (χ0v) is 12.4. The summed E-state index contributed by atoms with van der Waals surface area (Å²) in [5.74, 6) is 1.18. The molecule has 3 N–H and O–H groups in total. The third-order valence-corrected chi connectivity index (χ3v) is 2.92. The smallest absolute Gasteiger partial charge is 0.418 e. The molecule has 0 radical (unpaired) electrons. The van der Waals surface area contributed by atoms with Gasteiger partial charge in [0, 0.05) is 6.04 Å². The molecule has 0 spiro atoms. The summed E-state index contributed by atoms with van der Waals surface area (Å²) in [6, 6.07) is 0.327. The van der Waals surface area contributed by atoms with Crippen LogP contribution in [0.2, 0.25) is 0 Å². The molecule has 0 aliphatic rings. The van der Waals surface area contributed by atoms with E-state index < -0.39 is 7.25 Å². The second-order valence-corrected chi connectivity index (χ2v) is 4.79. The molecule has 0 bridgehead atoms. The molecule has 0 aromatic carbocycles. The van der Waals surface area contributed by atoms with E-state index in [-0.39, 0.29) is 0 Å². The number of H-pyrrole nitrogens is 1. The predicted octanol–water partition coefficient (Wildman–Crippen LogP) is 3.54. The van der Waals surface area contributed by atoms with E-state index in [0.717, 1.165) is 19.3 Å². The first kappa shape index (κ1) is 19.7. The van der Waals surface area contributed by atoms with Crippen LogP contribution in [0.25, 0.3) is 6.20 Å². The van der Waals surface area contributed by atoms with Crippen LogP contribution >= 0.6 is 0 Å². The van der Waals surface area contributed by atoms with E-state index in [4.69, 9.17) is 5.73 Å². The molecule has 3 nitrogen and oxygen atoms in total. The molecule has 1 atom stereocenters. The number of aromatic amines is 1. The first-order valence-corrected chi connectivity index (χ1v) is 7.10. The van der Waals surface area contributed by atoms with E-state index in [9.17, 15) is 17.3 Å². The van der Waals surface area contributed by atoms with Gasteiger partial charge in [0.05, 0.1) is 12.6 Å². The standard InChI is InChI=1S/C13H23N3.BF4/c1-3-5-6-7-12(14)8-9-13-15-10-11-16(13)4-2;2-1(3,4)5/h4,10-12H,2-3,5-9,14H2,1H3;/q;-1/p+1. The van der Waals surface area contributed by atoms with Crippen LogP contribution in [0.4, 0.5) is 17.3 Å². The maximum atomic E-state index is 9.75. The van der Waals surface area contributed by atoms with E-state index in [1.165, 1.54) is 25.1 Å². The lowest BCUT2D eigenvalue weighted by atomic mass is 10.0. The first-order valence-electron chi connectivity index (χ1n) is 7.10. The van der Waals surface area contributed by atoms with Gasteiger partial charge in [-0.1, -0.05) is 32.8 Å².